The Bertz CT molecular complexity index is 719. The van der Waals surface area contributed by atoms with Gasteiger partial charge >= 0.3 is 0 Å². The Hall–Kier alpha value is -2.77. The van der Waals surface area contributed by atoms with Crippen LogP contribution in [0.1, 0.15) is 31.7 Å². The van der Waals surface area contributed by atoms with Crippen LogP contribution in [0.3, 0.4) is 0 Å². The van der Waals surface area contributed by atoms with E-state index in [4.69, 9.17) is 0 Å². The van der Waals surface area contributed by atoms with E-state index in [0.29, 0.717) is 39.0 Å². The van der Waals surface area contributed by atoms with Crippen LogP contribution in [0.4, 0.5) is 0 Å². The first-order chi connectivity index (χ1) is 12.7. The molecule has 1 aliphatic heterocycles. The summed E-state index contributed by atoms with van der Waals surface area (Å²) in [5, 5.41) is 10.9. The van der Waals surface area contributed by atoms with Gasteiger partial charge in [0.2, 0.25) is 11.8 Å². The van der Waals surface area contributed by atoms with Gasteiger partial charge in [0, 0.05) is 38.5 Å². The van der Waals surface area contributed by atoms with Gasteiger partial charge in [-0.25, -0.2) is 4.68 Å². The zero-order chi connectivity index (χ0) is 18.4. The van der Waals surface area contributed by atoms with Crippen LogP contribution in [0.15, 0.2) is 36.7 Å². The number of amides is 2. The summed E-state index contributed by atoms with van der Waals surface area (Å²) in [6, 6.07) is 10.0. The van der Waals surface area contributed by atoms with Crippen LogP contribution in [-0.2, 0) is 22.7 Å². The molecule has 8 nitrogen and oxygen atoms in total. The standard InChI is InChI=1S/C18H24N6O2/c1-2-16-13-22(17(25)9-11-23-14-19-20-21-23)10-8-18(26)24(16)12-15-6-4-3-5-7-15/h3-7,14,16H,2,8-13H2,1H3/t16-/m0/s1. The number of aromatic nitrogens is 4. The quantitative estimate of drug-likeness (QED) is 0.774. The zero-order valence-corrected chi connectivity index (χ0v) is 15.0. The molecule has 0 N–H and O–H groups in total. The number of nitrogens with zero attached hydrogens (tertiary/aromatic N) is 6. The highest BCUT2D eigenvalue weighted by molar-refractivity contribution is 5.80. The molecule has 0 aliphatic carbocycles. The first kappa shape index (κ1) is 18.0. The molecule has 0 bridgehead atoms. The van der Waals surface area contributed by atoms with Crippen LogP contribution in [0, 0.1) is 0 Å². The van der Waals surface area contributed by atoms with Crippen molar-refractivity contribution in [3.8, 4) is 0 Å². The normalized spacial score (nSPS) is 18.0. The number of aryl methyl sites for hydroxylation is 1. The van der Waals surface area contributed by atoms with Gasteiger partial charge in [0.1, 0.15) is 6.33 Å². The predicted octanol–water partition coefficient (Wildman–Crippen LogP) is 1.10. The second-order valence-corrected chi connectivity index (χ2v) is 6.48. The molecule has 2 heterocycles. The number of rotatable bonds is 6. The van der Waals surface area contributed by atoms with Crippen LogP contribution in [0.25, 0.3) is 0 Å². The predicted molar refractivity (Wildman–Crippen MR) is 94.7 cm³/mol. The van der Waals surface area contributed by atoms with Gasteiger partial charge in [-0.2, -0.15) is 0 Å². The van der Waals surface area contributed by atoms with E-state index in [0.717, 1.165) is 12.0 Å². The second kappa shape index (κ2) is 8.55. The number of hydrogen-bond acceptors (Lipinski definition) is 5. The summed E-state index contributed by atoms with van der Waals surface area (Å²) in [6.45, 7) is 4.13. The molecule has 1 fully saturated rings. The van der Waals surface area contributed by atoms with Crippen molar-refractivity contribution in [2.75, 3.05) is 13.1 Å². The molecule has 0 radical (unpaired) electrons. The number of tetrazole rings is 1. The molecule has 26 heavy (non-hydrogen) atoms. The van der Waals surface area contributed by atoms with Gasteiger partial charge in [-0.3, -0.25) is 9.59 Å². The van der Waals surface area contributed by atoms with E-state index >= 15 is 0 Å². The second-order valence-electron chi connectivity index (χ2n) is 6.48. The fraction of sp³-hybridized carbons (Fsp3) is 0.500. The molecule has 2 aromatic rings. The van der Waals surface area contributed by atoms with Gasteiger partial charge in [0.15, 0.2) is 0 Å². The van der Waals surface area contributed by atoms with Crippen LogP contribution in [-0.4, -0.2) is 61.0 Å². The smallest absolute Gasteiger partial charge is 0.224 e. The third kappa shape index (κ3) is 4.44. The molecule has 1 saturated heterocycles. The van der Waals surface area contributed by atoms with E-state index in [1.54, 1.807) is 9.58 Å². The zero-order valence-electron chi connectivity index (χ0n) is 15.0. The van der Waals surface area contributed by atoms with Crippen molar-refractivity contribution in [3.63, 3.8) is 0 Å². The van der Waals surface area contributed by atoms with Crippen molar-refractivity contribution in [1.82, 2.24) is 30.0 Å². The third-order valence-corrected chi connectivity index (χ3v) is 4.75. The third-order valence-electron chi connectivity index (χ3n) is 4.75. The average Bonchev–Trinajstić information content (AvgIpc) is 3.13. The van der Waals surface area contributed by atoms with E-state index in [1.165, 1.54) is 6.33 Å². The Morgan fingerprint density at radius 3 is 2.77 bits per heavy atom. The van der Waals surface area contributed by atoms with E-state index in [2.05, 4.69) is 22.4 Å². The monoisotopic (exact) mass is 356 g/mol. The molecule has 138 valence electrons. The van der Waals surface area contributed by atoms with E-state index in [-0.39, 0.29) is 17.9 Å². The Balaban J connectivity index is 1.64. The lowest BCUT2D eigenvalue weighted by molar-refractivity contribution is -0.133. The molecule has 1 aromatic heterocycles. The summed E-state index contributed by atoms with van der Waals surface area (Å²) in [7, 11) is 0. The van der Waals surface area contributed by atoms with Gasteiger partial charge < -0.3 is 9.80 Å². The highest BCUT2D eigenvalue weighted by Crippen LogP contribution is 2.18. The fourth-order valence-corrected chi connectivity index (χ4v) is 3.25. The minimum absolute atomic E-state index is 0.0298. The van der Waals surface area contributed by atoms with E-state index in [9.17, 15) is 9.59 Å². The molecular weight excluding hydrogens is 332 g/mol. The molecule has 2 amide bonds. The minimum atomic E-state index is 0.0298. The van der Waals surface area contributed by atoms with Crippen LogP contribution >= 0.6 is 0 Å². The highest BCUT2D eigenvalue weighted by atomic mass is 16.2. The number of benzene rings is 1. The molecule has 3 rings (SSSR count). The summed E-state index contributed by atoms with van der Waals surface area (Å²) >= 11 is 0. The van der Waals surface area contributed by atoms with Crippen LogP contribution < -0.4 is 0 Å². The molecule has 1 atom stereocenters. The molecular formula is C18H24N6O2. The van der Waals surface area contributed by atoms with Gasteiger partial charge in [-0.15, -0.1) is 5.10 Å². The van der Waals surface area contributed by atoms with Crippen molar-refractivity contribution < 1.29 is 9.59 Å². The first-order valence-electron chi connectivity index (χ1n) is 8.99. The van der Waals surface area contributed by atoms with Crippen molar-refractivity contribution in [1.29, 1.82) is 0 Å². The maximum atomic E-state index is 12.7. The minimum Gasteiger partial charge on any atom is -0.340 e. The Morgan fingerprint density at radius 2 is 2.08 bits per heavy atom. The Kier molecular flexibility index (Phi) is 5.93. The SMILES string of the molecule is CC[C@H]1CN(C(=O)CCn2cnnn2)CCC(=O)N1Cc1ccccc1. The maximum absolute atomic E-state index is 12.7. The summed E-state index contributed by atoms with van der Waals surface area (Å²) in [4.78, 5) is 29.0. The maximum Gasteiger partial charge on any atom is 0.224 e. The van der Waals surface area contributed by atoms with Gasteiger partial charge in [-0.1, -0.05) is 37.3 Å². The lowest BCUT2D eigenvalue weighted by Crippen LogP contribution is -2.43. The van der Waals surface area contributed by atoms with Crippen LogP contribution in [0.2, 0.25) is 0 Å². The number of hydrogen-bond donors (Lipinski definition) is 0. The van der Waals surface area contributed by atoms with E-state index in [1.807, 2.05) is 35.2 Å². The fourth-order valence-electron chi connectivity index (χ4n) is 3.25. The van der Waals surface area contributed by atoms with E-state index < -0.39 is 0 Å². The van der Waals surface area contributed by atoms with Crippen molar-refractivity contribution in [2.24, 2.45) is 0 Å². The molecule has 1 aliphatic rings. The van der Waals surface area contributed by atoms with Gasteiger partial charge in [0.25, 0.3) is 0 Å². The highest BCUT2D eigenvalue weighted by Gasteiger charge is 2.30. The average molecular weight is 356 g/mol. The van der Waals surface area contributed by atoms with Gasteiger partial charge in [0.05, 0.1) is 6.54 Å². The lowest BCUT2D eigenvalue weighted by atomic mass is 10.1. The summed E-state index contributed by atoms with van der Waals surface area (Å²) in [5.41, 5.74) is 1.11. The molecule has 1 aromatic carbocycles. The summed E-state index contributed by atoms with van der Waals surface area (Å²) in [5.74, 6) is 0.143. The lowest BCUT2D eigenvalue weighted by Gasteiger charge is -2.31. The first-order valence-corrected chi connectivity index (χ1v) is 8.99. The molecule has 0 spiro atoms. The van der Waals surface area contributed by atoms with Crippen LogP contribution in [0.5, 0.6) is 0 Å². The summed E-state index contributed by atoms with van der Waals surface area (Å²) < 4.78 is 1.54. The Morgan fingerprint density at radius 1 is 1.27 bits per heavy atom. The molecule has 8 heteroatoms. The molecule has 0 unspecified atom stereocenters. The Labute approximate surface area is 152 Å². The molecule has 0 saturated carbocycles. The topological polar surface area (TPSA) is 84.2 Å². The number of carbonyl (C=O) groups is 2. The number of carbonyl (C=O) groups excluding carboxylic acids is 2. The van der Waals surface area contributed by atoms with Gasteiger partial charge in [-0.05, 0) is 22.4 Å². The van der Waals surface area contributed by atoms with Crippen molar-refractivity contribution >= 4 is 11.8 Å². The van der Waals surface area contributed by atoms with Crippen molar-refractivity contribution in [2.45, 2.75) is 45.3 Å². The summed E-state index contributed by atoms with van der Waals surface area (Å²) in [6.07, 6.45) is 3.00. The largest absolute Gasteiger partial charge is 0.340 e. The van der Waals surface area contributed by atoms with Crippen molar-refractivity contribution in [3.05, 3.63) is 42.2 Å².